The van der Waals surface area contributed by atoms with Gasteiger partial charge in [-0.15, -0.1) is 0 Å². The Kier molecular flexibility index (Phi) is 1.84. The van der Waals surface area contributed by atoms with Crippen LogP contribution in [0, 0.1) is 11.8 Å². The Balaban J connectivity index is 1.84. The van der Waals surface area contributed by atoms with Crippen LogP contribution in [0.4, 0.5) is 0 Å². The number of aromatic carboxylic acids is 1. The molecule has 3 rings (SSSR count). The van der Waals surface area contributed by atoms with Gasteiger partial charge in [-0.1, -0.05) is 6.42 Å². The summed E-state index contributed by atoms with van der Waals surface area (Å²) < 4.78 is 0. The molecule has 3 unspecified atom stereocenters. The van der Waals surface area contributed by atoms with Gasteiger partial charge < -0.3 is 10.1 Å². The van der Waals surface area contributed by atoms with Crippen LogP contribution in [0.25, 0.3) is 0 Å². The number of carbonyl (C=O) groups is 1. The van der Waals surface area contributed by atoms with Crippen LogP contribution < -0.4 is 0 Å². The van der Waals surface area contributed by atoms with Crippen molar-refractivity contribution in [1.29, 1.82) is 0 Å². The maximum Gasteiger partial charge on any atom is 0.353 e. The monoisotopic (exact) mass is 206 g/mol. The zero-order chi connectivity index (χ0) is 10.4. The summed E-state index contributed by atoms with van der Waals surface area (Å²) in [6.07, 6.45) is 6.58. The van der Waals surface area contributed by atoms with Crippen molar-refractivity contribution in [2.75, 3.05) is 0 Å². The molecule has 0 aromatic carbocycles. The lowest BCUT2D eigenvalue weighted by Crippen LogP contribution is -2.10. The van der Waals surface area contributed by atoms with E-state index in [9.17, 15) is 4.79 Å². The Morgan fingerprint density at radius 3 is 2.87 bits per heavy atom. The minimum atomic E-state index is -0.920. The first-order chi connectivity index (χ1) is 7.24. The fourth-order valence-corrected chi connectivity index (χ4v) is 3.21. The van der Waals surface area contributed by atoms with Crippen LogP contribution in [0.2, 0.25) is 0 Å². The molecule has 1 aromatic heterocycles. The number of fused-ring (bicyclic) bond motifs is 2. The topological polar surface area (TPSA) is 66.0 Å². The first kappa shape index (κ1) is 8.95. The molecule has 2 aliphatic carbocycles. The highest BCUT2D eigenvalue weighted by Crippen LogP contribution is 2.52. The Morgan fingerprint density at radius 2 is 2.33 bits per heavy atom. The van der Waals surface area contributed by atoms with Crippen molar-refractivity contribution in [3.05, 3.63) is 17.7 Å². The van der Waals surface area contributed by atoms with Crippen LogP contribution in [0.3, 0.4) is 0 Å². The normalized spacial score (nSPS) is 33.5. The van der Waals surface area contributed by atoms with E-state index in [1.54, 1.807) is 0 Å². The molecule has 0 radical (unpaired) electrons. The largest absolute Gasteiger partial charge is 0.477 e. The molecule has 4 nitrogen and oxygen atoms in total. The number of aromatic nitrogens is 2. The second-order valence-corrected chi connectivity index (χ2v) is 4.77. The molecule has 4 heteroatoms. The van der Waals surface area contributed by atoms with Crippen molar-refractivity contribution in [3.8, 4) is 0 Å². The third-order valence-corrected chi connectivity index (χ3v) is 3.92. The molecule has 0 aliphatic heterocycles. The first-order valence-corrected chi connectivity index (χ1v) is 5.52. The number of hydrogen-bond donors (Lipinski definition) is 2. The van der Waals surface area contributed by atoms with Crippen LogP contribution >= 0.6 is 0 Å². The minimum Gasteiger partial charge on any atom is -0.477 e. The third-order valence-electron chi connectivity index (χ3n) is 3.92. The molecular formula is C11H14N2O2. The van der Waals surface area contributed by atoms with Gasteiger partial charge in [-0.05, 0) is 31.1 Å². The number of nitrogens with zero attached hydrogens (tertiary/aromatic N) is 1. The average Bonchev–Trinajstić information content (AvgIpc) is 2.93. The molecule has 2 N–H and O–H groups in total. The zero-order valence-electron chi connectivity index (χ0n) is 8.44. The number of aromatic amines is 1. The number of hydrogen-bond acceptors (Lipinski definition) is 2. The summed E-state index contributed by atoms with van der Waals surface area (Å²) in [7, 11) is 0. The van der Waals surface area contributed by atoms with E-state index in [0.29, 0.717) is 5.92 Å². The van der Waals surface area contributed by atoms with Gasteiger partial charge in [0.05, 0.1) is 6.20 Å². The van der Waals surface area contributed by atoms with E-state index in [2.05, 4.69) is 9.97 Å². The summed E-state index contributed by atoms with van der Waals surface area (Å²) in [5.41, 5.74) is 0.216. The standard InChI is InChI=1S/C11H14N2O2/c14-11(15)9-5-12-10(13-9)8-4-6-1-2-7(8)3-6/h5-8H,1-4H2,(H,12,13)(H,14,15). The van der Waals surface area contributed by atoms with Crippen molar-refractivity contribution in [3.63, 3.8) is 0 Å². The molecule has 2 bridgehead atoms. The summed E-state index contributed by atoms with van der Waals surface area (Å²) in [5.74, 6) is 2.05. The predicted octanol–water partition coefficient (Wildman–Crippen LogP) is 2.01. The molecule has 1 aromatic rings. The Hall–Kier alpha value is -1.32. The molecule has 0 saturated heterocycles. The van der Waals surface area contributed by atoms with Crippen molar-refractivity contribution in [2.24, 2.45) is 11.8 Å². The summed E-state index contributed by atoms with van der Waals surface area (Å²) in [5, 5.41) is 8.80. The minimum absolute atomic E-state index is 0.216. The van der Waals surface area contributed by atoms with Gasteiger partial charge in [0.15, 0.2) is 0 Å². The van der Waals surface area contributed by atoms with Crippen LogP contribution in [-0.4, -0.2) is 21.0 Å². The Labute approximate surface area is 87.7 Å². The quantitative estimate of drug-likeness (QED) is 0.777. The first-order valence-electron chi connectivity index (χ1n) is 5.52. The Bertz CT molecular complexity index is 399. The number of rotatable bonds is 2. The molecular weight excluding hydrogens is 192 g/mol. The molecule has 2 aliphatic rings. The highest BCUT2D eigenvalue weighted by Gasteiger charge is 2.41. The van der Waals surface area contributed by atoms with Crippen LogP contribution in [0.15, 0.2) is 6.20 Å². The van der Waals surface area contributed by atoms with Crippen LogP contribution in [0.5, 0.6) is 0 Å². The molecule has 2 fully saturated rings. The summed E-state index contributed by atoms with van der Waals surface area (Å²) >= 11 is 0. The lowest BCUT2D eigenvalue weighted by molar-refractivity contribution is 0.0691. The van der Waals surface area contributed by atoms with Gasteiger partial charge in [-0.25, -0.2) is 9.78 Å². The van der Waals surface area contributed by atoms with Crippen LogP contribution in [0.1, 0.15) is 47.9 Å². The maximum atomic E-state index is 10.7. The van der Waals surface area contributed by atoms with E-state index in [1.165, 1.54) is 31.9 Å². The predicted molar refractivity (Wildman–Crippen MR) is 53.7 cm³/mol. The second-order valence-electron chi connectivity index (χ2n) is 4.77. The molecule has 1 heterocycles. The number of carboxylic acid groups (broad SMARTS) is 1. The van der Waals surface area contributed by atoms with Gasteiger partial charge in [-0.2, -0.15) is 0 Å². The number of nitrogens with one attached hydrogen (secondary N) is 1. The van der Waals surface area contributed by atoms with E-state index >= 15 is 0 Å². The maximum absolute atomic E-state index is 10.7. The van der Waals surface area contributed by atoms with Gasteiger partial charge in [-0.3, -0.25) is 0 Å². The summed E-state index contributed by atoms with van der Waals surface area (Å²) in [4.78, 5) is 17.8. The molecule has 0 amide bonds. The zero-order valence-corrected chi connectivity index (χ0v) is 8.44. The van der Waals surface area contributed by atoms with Crippen molar-refractivity contribution in [2.45, 2.75) is 31.6 Å². The Morgan fingerprint density at radius 1 is 1.47 bits per heavy atom. The van der Waals surface area contributed by atoms with Crippen LogP contribution in [-0.2, 0) is 0 Å². The van der Waals surface area contributed by atoms with Gasteiger partial charge in [0.1, 0.15) is 11.5 Å². The lowest BCUT2D eigenvalue weighted by Gasteiger charge is -2.19. The SMILES string of the molecule is O=C(O)c1cnc(C2CC3CCC2C3)[nH]1. The fraction of sp³-hybridized carbons (Fsp3) is 0.636. The van der Waals surface area contributed by atoms with E-state index in [0.717, 1.165) is 17.7 Å². The third kappa shape index (κ3) is 1.35. The van der Waals surface area contributed by atoms with Gasteiger partial charge >= 0.3 is 5.97 Å². The highest BCUT2D eigenvalue weighted by atomic mass is 16.4. The summed E-state index contributed by atoms with van der Waals surface area (Å²) in [6, 6.07) is 0. The number of carboxylic acids is 1. The summed E-state index contributed by atoms with van der Waals surface area (Å²) in [6.45, 7) is 0. The average molecular weight is 206 g/mol. The fourth-order valence-electron chi connectivity index (χ4n) is 3.21. The van der Waals surface area contributed by atoms with Crippen molar-refractivity contribution >= 4 is 5.97 Å². The molecule has 15 heavy (non-hydrogen) atoms. The molecule has 3 atom stereocenters. The molecule has 0 spiro atoms. The van der Waals surface area contributed by atoms with Crippen molar-refractivity contribution < 1.29 is 9.90 Å². The van der Waals surface area contributed by atoms with E-state index in [-0.39, 0.29) is 5.69 Å². The number of H-pyrrole nitrogens is 1. The molecule has 2 saturated carbocycles. The van der Waals surface area contributed by atoms with Gasteiger partial charge in [0, 0.05) is 5.92 Å². The van der Waals surface area contributed by atoms with E-state index in [1.807, 2.05) is 0 Å². The van der Waals surface area contributed by atoms with Crippen molar-refractivity contribution in [1.82, 2.24) is 9.97 Å². The number of imidazole rings is 1. The lowest BCUT2D eigenvalue weighted by atomic mass is 9.88. The molecule has 80 valence electrons. The highest BCUT2D eigenvalue weighted by molar-refractivity contribution is 5.85. The smallest absolute Gasteiger partial charge is 0.353 e. The second kappa shape index (κ2) is 3.08. The van der Waals surface area contributed by atoms with Gasteiger partial charge in [0.25, 0.3) is 0 Å². The van der Waals surface area contributed by atoms with E-state index in [4.69, 9.17) is 5.11 Å². The van der Waals surface area contributed by atoms with E-state index < -0.39 is 5.97 Å². The van der Waals surface area contributed by atoms with Gasteiger partial charge in [0.2, 0.25) is 0 Å².